The average Bonchev–Trinajstić information content (AvgIpc) is 2.28. The number of ether oxygens (including phenoxy) is 1. The van der Waals surface area contributed by atoms with Crippen molar-refractivity contribution in [3.05, 3.63) is 23.8 Å². The van der Waals surface area contributed by atoms with Gasteiger partial charge in [0.1, 0.15) is 17.1 Å². The average molecular weight is 240 g/mol. The van der Waals surface area contributed by atoms with Crippen molar-refractivity contribution in [3.63, 3.8) is 0 Å². The van der Waals surface area contributed by atoms with Crippen molar-refractivity contribution < 1.29 is 19.7 Å². The van der Waals surface area contributed by atoms with Gasteiger partial charge in [0.25, 0.3) is 5.91 Å². The third-order valence-corrected chi connectivity index (χ3v) is 2.04. The standard InChI is InChI=1S/C11H16N2O4/c12-4-6-17-7-5-13-11(16)10-8(14)2-1-3-9(10)15/h1-3,14-15H,4-7,12H2,(H,13,16). The Hall–Kier alpha value is -1.79. The Bertz CT molecular complexity index is 361. The normalized spacial score (nSPS) is 10.2. The molecular weight excluding hydrogens is 224 g/mol. The maximum absolute atomic E-state index is 11.6. The molecule has 0 fully saturated rings. The molecule has 5 N–H and O–H groups in total. The molecule has 0 radical (unpaired) electrons. The van der Waals surface area contributed by atoms with Crippen molar-refractivity contribution in [1.82, 2.24) is 5.32 Å². The van der Waals surface area contributed by atoms with Crippen molar-refractivity contribution >= 4 is 5.91 Å². The van der Waals surface area contributed by atoms with Crippen LogP contribution in [0.4, 0.5) is 0 Å². The van der Waals surface area contributed by atoms with E-state index in [1.807, 2.05) is 0 Å². The smallest absolute Gasteiger partial charge is 0.258 e. The van der Waals surface area contributed by atoms with Gasteiger partial charge in [0.15, 0.2) is 0 Å². The predicted octanol–water partition coefficient (Wildman–Crippen LogP) is -0.197. The molecule has 0 atom stereocenters. The van der Waals surface area contributed by atoms with Crippen LogP contribution in [0.2, 0.25) is 0 Å². The minimum Gasteiger partial charge on any atom is -0.507 e. The number of hydrogen-bond acceptors (Lipinski definition) is 5. The van der Waals surface area contributed by atoms with Gasteiger partial charge in [-0.15, -0.1) is 0 Å². The monoisotopic (exact) mass is 240 g/mol. The van der Waals surface area contributed by atoms with Gasteiger partial charge in [-0.25, -0.2) is 0 Å². The zero-order valence-corrected chi connectivity index (χ0v) is 9.35. The molecular formula is C11H16N2O4. The molecule has 94 valence electrons. The molecule has 0 saturated heterocycles. The Morgan fingerprint density at radius 2 is 1.94 bits per heavy atom. The number of carbonyl (C=O) groups excluding carboxylic acids is 1. The van der Waals surface area contributed by atoms with Crippen molar-refractivity contribution in [3.8, 4) is 11.5 Å². The summed E-state index contributed by atoms with van der Waals surface area (Å²) in [6.07, 6.45) is 0. The van der Waals surface area contributed by atoms with Gasteiger partial charge < -0.3 is 26.0 Å². The lowest BCUT2D eigenvalue weighted by Crippen LogP contribution is -2.28. The summed E-state index contributed by atoms with van der Waals surface area (Å²) in [5, 5.41) is 21.4. The second-order valence-corrected chi connectivity index (χ2v) is 3.33. The van der Waals surface area contributed by atoms with Crippen LogP contribution in [0.3, 0.4) is 0 Å². The molecule has 1 aromatic rings. The van der Waals surface area contributed by atoms with Gasteiger partial charge in [0.05, 0.1) is 13.2 Å². The Labute approximate surface area is 99.0 Å². The quantitative estimate of drug-likeness (QED) is 0.515. The molecule has 0 aliphatic carbocycles. The van der Waals surface area contributed by atoms with Crippen molar-refractivity contribution in [1.29, 1.82) is 0 Å². The zero-order chi connectivity index (χ0) is 12.7. The van der Waals surface area contributed by atoms with Crippen molar-refractivity contribution in [2.24, 2.45) is 5.73 Å². The first-order chi connectivity index (χ1) is 8.16. The highest BCUT2D eigenvalue weighted by Gasteiger charge is 2.14. The highest BCUT2D eigenvalue weighted by Crippen LogP contribution is 2.25. The van der Waals surface area contributed by atoms with E-state index in [0.717, 1.165) is 0 Å². The molecule has 6 heteroatoms. The van der Waals surface area contributed by atoms with Crippen LogP contribution < -0.4 is 11.1 Å². The number of nitrogens with one attached hydrogen (secondary N) is 1. The Morgan fingerprint density at radius 1 is 1.29 bits per heavy atom. The lowest BCUT2D eigenvalue weighted by Gasteiger charge is -2.08. The number of phenols is 2. The summed E-state index contributed by atoms with van der Waals surface area (Å²) in [6, 6.07) is 4.12. The SMILES string of the molecule is NCCOCCNC(=O)c1c(O)cccc1O. The summed E-state index contributed by atoms with van der Waals surface area (Å²) in [5.74, 6) is -1.06. The van der Waals surface area contributed by atoms with E-state index in [1.54, 1.807) is 0 Å². The van der Waals surface area contributed by atoms with Gasteiger partial charge in [-0.1, -0.05) is 6.07 Å². The van der Waals surface area contributed by atoms with Crippen LogP contribution in [-0.2, 0) is 4.74 Å². The van der Waals surface area contributed by atoms with E-state index in [0.29, 0.717) is 19.8 Å². The van der Waals surface area contributed by atoms with Gasteiger partial charge in [0, 0.05) is 13.1 Å². The summed E-state index contributed by atoms with van der Waals surface area (Å²) >= 11 is 0. The van der Waals surface area contributed by atoms with Crippen LogP contribution in [0, 0.1) is 0 Å². The minimum atomic E-state index is -0.544. The molecule has 0 spiro atoms. The molecule has 6 nitrogen and oxygen atoms in total. The van der Waals surface area contributed by atoms with Gasteiger partial charge >= 0.3 is 0 Å². The number of carbonyl (C=O) groups is 1. The van der Waals surface area contributed by atoms with E-state index in [4.69, 9.17) is 10.5 Å². The highest BCUT2D eigenvalue weighted by molar-refractivity contribution is 5.99. The molecule has 0 aromatic heterocycles. The number of rotatable bonds is 6. The van der Waals surface area contributed by atoms with Gasteiger partial charge in [-0.2, -0.15) is 0 Å². The van der Waals surface area contributed by atoms with Crippen LogP contribution in [0.5, 0.6) is 11.5 Å². The maximum Gasteiger partial charge on any atom is 0.258 e. The van der Waals surface area contributed by atoms with Crippen LogP contribution in [0.25, 0.3) is 0 Å². The first kappa shape index (κ1) is 13.3. The molecule has 0 saturated carbocycles. The molecule has 0 bridgehead atoms. The fraction of sp³-hybridized carbons (Fsp3) is 0.364. The summed E-state index contributed by atoms with van der Waals surface area (Å²) in [7, 11) is 0. The van der Waals surface area contributed by atoms with Gasteiger partial charge in [-0.05, 0) is 12.1 Å². The highest BCUT2D eigenvalue weighted by atomic mass is 16.5. The number of nitrogens with two attached hydrogens (primary N) is 1. The van der Waals surface area contributed by atoms with E-state index in [1.165, 1.54) is 18.2 Å². The van der Waals surface area contributed by atoms with E-state index in [-0.39, 0.29) is 23.6 Å². The molecule has 0 aliphatic heterocycles. The number of phenolic OH excluding ortho intramolecular Hbond substituents is 2. The third-order valence-electron chi connectivity index (χ3n) is 2.04. The number of benzene rings is 1. The Balaban J connectivity index is 2.47. The number of amides is 1. The summed E-state index contributed by atoms with van der Waals surface area (Å²) in [4.78, 5) is 11.6. The topological polar surface area (TPSA) is 105 Å². The molecule has 0 aliphatic rings. The lowest BCUT2D eigenvalue weighted by atomic mass is 10.1. The maximum atomic E-state index is 11.6. The second-order valence-electron chi connectivity index (χ2n) is 3.33. The van der Waals surface area contributed by atoms with E-state index in [2.05, 4.69) is 5.32 Å². The fourth-order valence-electron chi connectivity index (χ4n) is 1.27. The van der Waals surface area contributed by atoms with Crippen LogP contribution >= 0.6 is 0 Å². The summed E-state index contributed by atoms with van der Waals surface area (Å²) < 4.78 is 5.06. The first-order valence-corrected chi connectivity index (χ1v) is 5.23. The van der Waals surface area contributed by atoms with Crippen molar-refractivity contribution in [2.45, 2.75) is 0 Å². The van der Waals surface area contributed by atoms with Gasteiger partial charge in [-0.3, -0.25) is 4.79 Å². The molecule has 1 rings (SSSR count). The Kier molecular flexibility index (Phi) is 5.25. The van der Waals surface area contributed by atoms with E-state index >= 15 is 0 Å². The summed E-state index contributed by atoms with van der Waals surface area (Å²) in [6.45, 7) is 1.47. The summed E-state index contributed by atoms with van der Waals surface area (Å²) in [5.41, 5.74) is 5.09. The van der Waals surface area contributed by atoms with Crippen molar-refractivity contribution in [2.75, 3.05) is 26.3 Å². The van der Waals surface area contributed by atoms with E-state index in [9.17, 15) is 15.0 Å². The zero-order valence-electron chi connectivity index (χ0n) is 9.35. The largest absolute Gasteiger partial charge is 0.507 e. The minimum absolute atomic E-state index is 0.133. The predicted molar refractivity (Wildman–Crippen MR) is 62.0 cm³/mol. The second kappa shape index (κ2) is 6.72. The van der Waals surface area contributed by atoms with E-state index < -0.39 is 5.91 Å². The fourth-order valence-corrected chi connectivity index (χ4v) is 1.27. The van der Waals surface area contributed by atoms with Gasteiger partial charge in [0.2, 0.25) is 0 Å². The lowest BCUT2D eigenvalue weighted by molar-refractivity contribution is 0.0914. The molecule has 17 heavy (non-hydrogen) atoms. The number of hydrogen-bond donors (Lipinski definition) is 4. The first-order valence-electron chi connectivity index (χ1n) is 5.23. The molecule has 0 unspecified atom stereocenters. The Morgan fingerprint density at radius 3 is 2.53 bits per heavy atom. The van der Waals surface area contributed by atoms with Crippen LogP contribution in [0.1, 0.15) is 10.4 Å². The third kappa shape index (κ3) is 3.93. The van der Waals surface area contributed by atoms with Crippen LogP contribution in [0.15, 0.2) is 18.2 Å². The molecule has 1 amide bonds. The molecule has 1 aromatic carbocycles. The molecule has 0 heterocycles. The number of aromatic hydroxyl groups is 2. The van der Waals surface area contributed by atoms with Crippen LogP contribution in [-0.4, -0.2) is 42.4 Å².